The second-order valence-electron chi connectivity index (χ2n) is 5.01. The molecule has 1 nitrogen and oxygen atoms in total. The molecular formula is C11H23N. The lowest BCUT2D eigenvalue weighted by Gasteiger charge is -2.28. The largest absolute Gasteiger partial charge is 0.301 e. The highest BCUT2D eigenvalue weighted by Gasteiger charge is 2.23. The first-order valence-electron chi connectivity index (χ1n) is 4.80. The van der Waals surface area contributed by atoms with Crippen molar-refractivity contribution in [3.63, 3.8) is 0 Å². The zero-order chi connectivity index (χ0) is 9.78. The molecule has 0 saturated carbocycles. The van der Waals surface area contributed by atoms with E-state index in [1.165, 1.54) is 6.42 Å². The average Bonchev–Trinajstić information content (AvgIpc) is 1.83. The molecule has 0 aromatic heterocycles. The molecule has 0 N–H and O–H groups in total. The Balaban J connectivity index is 4.24. The van der Waals surface area contributed by atoms with Crippen LogP contribution in [0, 0.1) is 17.3 Å². The molecule has 0 aliphatic heterocycles. The summed E-state index contributed by atoms with van der Waals surface area (Å²) in [5, 5.41) is 0. The van der Waals surface area contributed by atoms with E-state index >= 15 is 0 Å². The van der Waals surface area contributed by atoms with Gasteiger partial charge in [0.05, 0.1) is 0 Å². The Bertz CT molecular complexity index is 140. The van der Waals surface area contributed by atoms with Gasteiger partial charge in [-0.25, -0.2) is 0 Å². The van der Waals surface area contributed by atoms with Crippen molar-refractivity contribution in [2.75, 3.05) is 7.05 Å². The van der Waals surface area contributed by atoms with Gasteiger partial charge in [-0.2, -0.15) is 0 Å². The van der Waals surface area contributed by atoms with Crippen molar-refractivity contribution in [2.24, 2.45) is 22.2 Å². The Kier molecular flexibility index (Phi) is 4.51. The van der Waals surface area contributed by atoms with E-state index < -0.39 is 0 Å². The maximum atomic E-state index is 4.13. The van der Waals surface area contributed by atoms with Crippen LogP contribution in [0.1, 0.15) is 41.0 Å². The summed E-state index contributed by atoms with van der Waals surface area (Å²) >= 11 is 0. The van der Waals surface area contributed by atoms with Crippen LogP contribution in [0.4, 0.5) is 0 Å². The van der Waals surface area contributed by atoms with Gasteiger partial charge in [0.25, 0.3) is 0 Å². The number of hydrogen-bond donors (Lipinski definition) is 0. The molecule has 1 heteroatoms. The molecule has 0 aliphatic rings. The SMILES string of the molecule is C/N=C/C(CC(C)C)C(C)(C)C. The minimum absolute atomic E-state index is 0.351. The number of hydrogen-bond acceptors (Lipinski definition) is 1. The molecule has 1 unspecified atom stereocenters. The summed E-state index contributed by atoms with van der Waals surface area (Å²) in [5.41, 5.74) is 0.351. The lowest BCUT2D eigenvalue weighted by atomic mass is 9.77. The summed E-state index contributed by atoms with van der Waals surface area (Å²) in [6.07, 6.45) is 3.33. The van der Waals surface area contributed by atoms with Crippen LogP contribution in [0.5, 0.6) is 0 Å². The van der Waals surface area contributed by atoms with Gasteiger partial charge in [-0.15, -0.1) is 0 Å². The summed E-state index contributed by atoms with van der Waals surface area (Å²) in [7, 11) is 1.86. The summed E-state index contributed by atoms with van der Waals surface area (Å²) in [6, 6.07) is 0. The van der Waals surface area contributed by atoms with Gasteiger partial charge in [0.2, 0.25) is 0 Å². The molecule has 72 valence electrons. The second-order valence-corrected chi connectivity index (χ2v) is 5.01. The van der Waals surface area contributed by atoms with Crippen molar-refractivity contribution in [1.29, 1.82) is 0 Å². The van der Waals surface area contributed by atoms with Crippen molar-refractivity contribution in [3.05, 3.63) is 0 Å². The van der Waals surface area contributed by atoms with Gasteiger partial charge in [0, 0.05) is 13.3 Å². The van der Waals surface area contributed by atoms with Crippen LogP contribution in [-0.2, 0) is 0 Å². The summed E-state index contributed by atoms with van der Waals surface area (Å²) in [6.45, 7) is 11.4. The maximum absolute atomic E-state index is 4.13. The topological polar surface area (TPSA) is 12.4 Å². The van der Waals surface area contributed by atoms with E-state index in [9.17, 15) is 0 Å². The Morgan fingerprint density at radius 2 is 1.75 bits per heavy atom. The van der Waals surface area contributed by atoms with Crippen LogP contribution in [0.25, 0.3) is 0 Å². The standard InChI is InChI=1S/C11H23N/c1-9(2)7-10(8-12-6)11(3,4)5/h8-10H,7H2,1-6H3/b12-8+. The molecule has 0 heterocycles. The molecule has 0 saturated heterocycles. The van der Waals surface area contributed by atoms with Crippen LogP contribution in [0.3, 0.4) is 0 Å². The van der Waals surface area contributed by atoms with Gasteiger partial charge in [-0.3, -0.25) is 0 Å². The Hall–Kier alpha value is -0.330. The molecule has 0 radical (unpaired) electrons. The fourth-order valence-corrected chi connectivity index (χ4v) is 1.33. The van der Waals surface area contributed by atoms with Crippen LogP contribution in [-0.4, -0.2) is 13.3 Å². The van der Waals surface area contributed by atoms with E-state index in [2.05, 4.69) is 45.8 Å². The van der Waals surface area contributed by atoms with E-state index in [-0.39, 0.29) is 0 Å². The summed E-state index contributed by atoms with van der Waals surface area (Å²) < 4.78 is 0. The highest BCUT2D eigenvalue weighted by molar-refractivity contribution is 5.61. The predicted molar refractivity (Wildman–Crippen MR) is 56.8 cm³/mol. The molecule has 0 amide bonds. The van der Waals surface area contributed by atoms with Crippen LogP contribution < -0.4 is 0 Å². The first-order valence-corrected chi connectivity index (χ1v) is 4.80. The molecule has 0 fully saturated rings. The first kappa shape index (κ1) is 11.7. The normalized spacial score (nSPS) is 15.9. The van der Waals surface area contributed by atoms with E-state index in [1.54, 1.807) is 0 Å². The van der Waals surface area contributed by atoms with Crippen molar-refractivity contribution in [1.82, 2.24) is 0 Å². The third-order valence-electron chi connectivity index (χ3n) is 2.17. The van der Waals surface area contributed by atoms with Crippen molar-refractivity contribution >= 4 is 6.21 Å². The predicted octanol–water partition coefficient (Wildman–Crippen LogP) is 3.40. The number of aliphatic imine (C=N–C) groups is 1. The molecule has 0 bridgehead atoms. The zero-order valence-electron chi connectivity index (χ0n) is 9.39. The van der Waals surface area contributed by atoms with Crippen molar-refractivity contribution in [3.8, 4) is 0 Å². The number of nitrogens with zero attached hydrogens (tertiary/aromatic N) is 1. The van der Waals surface area contributed by atoms with E-state index in [0.717, 1.165) is 5.92 Å². The molecule has 0 aliphatic carbocycles. The maximum Gasteiger partial charge on any atom is 0.0273 e. The van der Waals surface area contributed by atoms with E-state index in [1.807, 2.05) is 7.05 Å². The smallest absolute Gasteiger partial charge is 0.0273 e. The van der Waals surface area contributed by atoms with Crippen LogP contribution >= 0.6 is 0 Å². The Morgan fingerprint density at radius 1 is 1.25 bits per heavy atom. The molecule has 0 aromatic carbocycles. The highest BCUT2D eigenvalue weighted by atomic mass is 14.6. The van der Waals surface area contributed by atoms with Crippen molar-refractivity contribution in [2.45, 2.75) is 41.0 Å². The van der Waals surface area contributed by atoms with Gasteiger partial charge in [-0.1, -0.05) is 34.6 Å². The third kappa shape index (κ3) is 4.53. The van der Waals surface area contributed by atoms with Gasteiger partial charge in [-0.05, 0) is 23.7 Å². The lowest BCUT2D eigenvalue weighted by Crippen LogP contribution is -2.23. The van der Waals surface area contributed by atoms with E-state index in [4.69, 9.17) is 0 Å². The second kappa shape index (κ2) is 4.64. The minimum Gasteiger partial charge on any atom is -0.301 e. The van der Waals surface area contributed by atoms with Gasteiger partial charge in [0.1, 0.15) is 0 Å². The van der Waals surface area contributed by atoms with E-state index in [0.29, 0.717) is 11.3 Å². The minimum atomic E-state index is 0.351. The Labute approximate surface area is 77.3 Å². The summed E-state index contributed by atoms with van der Waals surface area (Å²) in [5.74, 6) is 1.37. The molecule has 0 rings (SSSR count). The van der Waals surface area contributed by atoms with Crippen LogP contribution in [0.2, 0.25) is 0 Å². The lowest BCUT2D eigenvalue weighted by molar-refractivity contribution is 0.277. The average molecular weight is 169 g/mol. The first-order chi connectivity index (χ1) is 5.38. The highest BCUT2D eigenvalue weighted by Crippen LogP contribution is 2.29. The Morgan fingerprint density at radius 3 is 2.00 bits per heavy atom. The van der Waals surface area contributed by atoms with Gasteiger partial charge < -0.3 is 4.99 Å². The van der Waals surface area contributed by atoms with Crippen LogP contribution in [0.15, 0.2) is 4.99 Å². The third-order valence-corrected chi connectivity index (χ3v) is 2.17. The zero-order valence-corrected chi connectivity index (χ0v) is 9.39. The molecule has 0 spiro atoms. The van der Waals surface area contributed by atoms with Crippen molar-refractivity contribution < 1.29 is 0 Å². The molecule has 0 aromatic rings. The number of rotatable bonds is 3. The fourth-order valence-electron chi connectivity index (χ4n) is 1.33. The van der Waals surface area contributed by atoms with Gasteiger partial charge in [0.15, 0.2) is 0 Å². The summed E-state index contributed by atoms with van der Waals surface area (Å²) in [4.78, 5) is 4.13. The molecule has 1 atom stereocenters. The molecule has 12 heavy (non-hydrogen) atoms. The quantitative estimate of drug-likeness (QED) is 0.574. The fraction of sp³-hybridized carbons (Fsp3) is 0.909. The molecular weight excluding hydrogens is 146 g/mol. The monoisotopic (exact) mass is 169 g/mol. The van der Waals surface area contributed by atoms with Gasteiger partial charge >= 0.3 is 0 Å².